The maximum Gasteiger partial charge on any atom is 0.340 e. The molecule has 0 aliphatic rings. The molecule has 6 heteroatoms. The van der Waals surface area contributed by atoms with Crippen LogP contribution in [0, 0.1) is 20.8 Å². The highest BCUT2D eigenvalue weighted by Crippen LogP contribution is 2.38. The van der Waals surface area contributed by atoms with E-state index in [-0.39, 0.29) is 17.0 Å². The molecule has 118 valence electrons. The fourth-order valence-electron chi connectivity index (χ4n) is 2.95. The number of hydrogen-bond acceptors (Lipinski definition) is 4. The van der Waals surface area contributed by atoms with Crippen LogP contribution in [0.1, 0.15) is 27.3 Å². The Morgan fingerprint density at radius 3 is 2.61 bits per heavy atom. The number of aromatic nitrogens is 2. The molecule has 0 aliphatic heterocycles. The van der Waals surface area contributed by atoms with Crippen molar-refractivity contribution < 1.29 is 15.0 Å². The number of fused-ring (bicyclic) bond motifs is 1. The lowest BCUT2D eigenvalue weighted by Gasteiger charge is -2.16. The Morgan fingerprint density at radius 2 is 1.96 bits per heavy atom. The number of nitrogens with two attached hydrogens (primary N) is 1. The van der Waals surface area contributed by atoms with Crippen molar-refractivity contribution in [3.05, 3.63) is 47.0 Å². The Balaban J connectivity index is 2.49. The van der Waals surface area contributed by atoms with Crippen LogP contribution in [0.2, 0.25) is 0 Å². The second kappa shape index (κ2) is 5.01. The van der Waals surface area contributed by atoms with E-state index in [0.29, 0.717) is 22.5 Å². The zero-order valence-electron chi connectivity index (χ0n) is 13.1. The monoisotopic (exact) mass is 311 g/mol. The first-order chi connectivity index (χ1) is 10.8. The summed E-state index contributed by atoms with van der Waals surface area (Å²) in [5.41, 5.74) is 9.68. The fraction of sp³-hybridized carbons (Fsp3) is 0.176. The van der Waals surface area contributed by atoms with Crippen LogP contribution in [0.25, 0.3) is 16.6 Å². The maximum absolute atomic E-state index is 11.7. The zero-order valence-corrected chi connectivity index (χ0v) is 13.1. The third-order valence-corrected chi connectivity index (χ3v) is 4.18. The number of aromatic hydroxyl groups is 1. The second-order valence-electron chi connectivity index (χ2n) is 5.60. The number of phenols is 1. The lowest BCUT2D eigenvalue weighted by Crippen LogP contribution is -2.08. The maximum atomic E-state index is 11.7. The number of hydrogen-bond donors (Lipinski definition) is 3. The van der Waals surface area contributed by atoms with Crippen molar-refractivity contribution in [2.75, 3.05) is 5.73 Å². The Labute approximate surface area is 132 Å². The summed E-state index contributed by atoms with van der Waals surface area (Å²) in [5, 5.41) is 19.6. The van der Waals surface area contributed by atoms with E-state index in [2.05, 4.69) is 4.98 Å². The molecule has 2 heterocycles. The van der Waals surface area contributed by atoms with Crippen LogP contribution >= 0.6 is 0 Å². The fourth-order valence-corrected chi connectivity index (χ4v) is 2.95. The molecular formula is C17H17N3O3. The molecule has 2 aromatic heterocycles. The number of phenolic OH excluding ortho intramolecular Hbond substituents is 1. The Bertz CT molecular complexity index is 958. The third-order valence-electron chi connectivity index (χ3n) is 4.18. The molecule has 0 atom stereocenters. The van der Waals surface area contributed by atoms with Gasteiger partial charge >= 0.3 is 5.97 Å². The highest BCUT2D eigenvalue weighted by Gasteiger charge is 2.22. The van der Waals surface area contributed by atoms with Gasteiger partial charge in [-0.2, -0.15) is 0 Å². The van der Waals surface area contributed by atoms with Gasteiger partial charge in [0.15, 0.2) is 0 Å². The first-order valence-electron chi connectivity index (χ1n) is 7.12. The molecule has 6 nitrogen and oxygen atoms in total. The molecule has 3 aromatic rings. The number of nitrogens with zero attached hydrogens (tertiary/aromatic N) is 2. The predicted octanol–water partition coefficient (Wildman–Crippen LogP) is 2.91. The van der Waals surface area contributed by atoms with Crippen LogP contribution in [0.3, 0.4) is 0 Å². The number of carbonyl (C=O) groups is 1. The molecule has 0 unspecified atom stereocenters. The summed E-state index contributed by atoms with van der Waals surface area (Å²) in [4.78, 5) is 15.9. The SMILES string of the molecule is Cc1ccc(O)c(C)c1-c1cn2c(C)ncc2c(C(=O)O)c1N. The number of pyridine rings is 1. The smallest absolute Gasteiger partial charge is 0.340 e. The summed E-state index contributed by atoms with van der Waals surface area (Å²) < 4.78 is 1.71. The van der Waals surface area contributed by atoms with Crippen molar-refractivity contribution in [3.8, 4) is 16.9 Å². The van der Waals surface area contributed by atoms with Crippen LogP contribution in [0.4, 0.5) is 5.69 Å². The van der Waals surface area contributed by atoms with E-state index in [9.17, 15) is 15.0 Å². The summed E-state index contributed by atoms with van der Waals surface area (Å²) in [6.07, 6.45) is 3.27. The van der Waals surface area contributed by atoms with E-state index < -0.39 is 5.97 Å². The first kappa shape index (κ1) is 14.9. The van der Waals surface area contributed by atoms with E-state index in [0.717, 1.165) is 11.1 Å². The third kappa shape index (κ3) is 2.11. The normalized spacial score (nSPS) is 11.1. The molecule has 3 rings (SSSR count). The van der Waals surface area contributed by atoms with Gasteiger partial charge in [-0.1, -0.05) is 6.07 Å². The molecule has 0 bridgehead atoms. The average molecular weight is 311 g/mol. The van der Waals surface area contributed by atoms with E-state index in [1.165, 1.54) is 6.20 Å². The minimum absolute atomic E-state index is 0.0187. The van der Waals surface area contributed by atoms with Crippen molar-refractivity contribution in [2.24, 2.45) is 0 Å². The summed E-state index contributed by atoms with van der Waals surface area (Å²) in [7, 11) is 0. The van der Waals surface area contributed by atoms with E-state index >= 15 is 0 Å². The molecule has 0 aliphatic carbocycles. The van der Waals surface area contributed by atoms with Crippen LogP contribution in [-0.4, -0.2) is 25.6 Å². The summed E-state index contributed by atoms with van der Waals surface area (Å²) in [6.45, 7) is 5.47. The Hall–Kier alpha value is -3.02. The number of anilines is 1. The van der Waals surface area contributed by atoms with Crippen molar-refractivity contribution in [2.45, 2.75) is 20.8 Å². The van der Waals surface area contributed by atoms with Crippen molar-refractivity contribution in [3.63, 3.8) is 0 Å². The number of benzene rings is 1. The van der Waals surface area contributed by atoms with Crippen molar-refractivity contribution in [1.82, 2.24) is 9.38 Å². The van der Waals surface area contributed by atoms with Crippen LogP contribution in [0.5, 0.6) is 5.75 Å². The van der Waals surface area contributed by atoms with Gasteiger partial charge in [-0.25, -0.2) is 9.78 Å². The van der Waals surface area contributed by atoms with Crippen LogP contribution < -0.4 is 5.73 Å². The molecule has 0 amide bonds. The summed E-state index contributed by atoms with van der Waals surface area (Å²) >= 11 is 0. The Morgan fingerprint density at radius 1 is 1.26 bits per heavy atom. The summed E-state index contributed by atoms with van der Waals surface area (Å²) in [6, 6.07) is 3.39. The Kier molecular flexibility index (Phi) is 3.25. The van der Waals surface area contributed by atoms with Gasteiger partial charge in [0.1, 0.15) is 17.1 Å². The van der Waals surface area contributed by atoms with E-state index in [4.69, 9.17) is 5.73 Å². The van der Waals surface area contributed by atoms with Crippen molar-refractivity contribution >= 4 is 17.2 Å². The molecule has 23 heavy (non-hydrogen) atoms. The second-order valence-corrected chi connectivity index (χ2v) is 5.60. The average Bonchev–Trinajstić information content (AvgIpc) is 2.84. The first-order valence-corrected chi connectivity index (χ1v) is 7.12. The molecular weight excluding hydrogens is 294 g/mol. The van der Waals surface area contributed by atoms with E-state index in [1.54, 1.807) is 36.6 Å². The van der Waals surface area contributed by atoms with E-state index in [1.807, 2.05) is 6.92 Å². The van der Waals surface area contributed by atoms with Gasteiger partial charge in [0.25, 0.3) is 0 Å². The standard InChI is InChI=1S/C17H17N3O3/c1-8-4-5-13(21)9(2)14(8)11-7-20-10(3)19-6-12(20)15(16(11)18)17(22)23/h4-7,21H,18H2,1-3H3,(H,22,23). The topological polar surface area (TPSA) is 101 Å². The van der Waals surface area contributed by atoms with Gasteiger partial charge in [-0.05, 0) is 43.5 Å². The quantitative estimate of drug-likeness (QED) is 0.675. The highest BCUT2D eigenvalue weighted by molar-refractivity contribution is 6.05. The number of aryl methyl sites for hydroxylation is 2. The van der Waals surface area contributed by atoms with Gasteiger partial charge in [-0.15, -0.1) is 0 Å². The largest absolute Gasteiger partial charge is 0.508 e. The minimum Gasteiger partial charge on any atom is -0.508 e. The van der Waals surface area contributed by atoms with Gasteiger partial charge in [0, 0.05) is 11.8 Å². The van der Waals surface area contributed by atoms with Crippen LogP contribution in [-0.2, 0) is 0 Å². The molecule has 0 saturated heterocycles. The molecule has 4 N–H and O–H groups in total. The van der Waals surface area contributed by atoms with Gasteiger partial charge < -0.3 is 20.3 Å². The van der Waals surface area contributed by atoms with Gasteiger partial charge in [0.05, 0.1) is 17.4 Å². The lowest BCUT2D eigenvalue weighted by molar-refractivity contribution is 0.0700. The zero-order chi connectivity index (χ0) is 16.9. The summed E-state index contributed by atoms with van der Waals surface area (Å²) in [5.74, 6) is -0.298. The number of rotatable bonds is 2. The molecule has 0 fully saturated rings. The number of imidazole rings is 1. The lowest BCUT2D eigenvalue weighted by atomic mass is 9.93. The highest BCUT2D eigenvalue weighted by atomic mass is 16.4. The molecule has 1 aromatic carbocycles. The van der Waals surface area contributed by atoms with Crippen molar-refractivity contribution in [1.29, 1.82) is 0 Å². The number of carboxylic acids is 1. The van der Waals surface area contributed by atoms with Crippen LogP contribution in [0.15, 0.2) is 24.5 Å². The number of nitrogen functional groups attached to an aromatic ring is 1. The predicted molar refractivity (Wildman–Crippen MR) is 87.9 cm³/mol. The number of aromatic carboxylic acids is 1. The molecule has 0 spiro atoms. The molecule has 0 radical (unpaired) electrons. The van der Waals surface area contributed by atoms with Gasteiger partial charge in [0.2, 0.25) is 0 Å². The minimum atomic E-state index is -1.11. The number of carboxylic acid groups (broad SMARTS) is 1. The van der Waals surface area contributed by atoms with Gasteiger partial charge in [-0.3, -0.25) is 0 Å². The molecule has 0 saturated carbocycles.